The Hall–Kier alpha value is -0.530. The van der Waals surface area contributed by atoms with Gasteiger partial charge in [0.05, 0.1) is 0 Å². The van der Waals surface area contributed by atoms with Gasteiger partial charge in [-0.25, -0.2) is 0 Å². The lowest BCUT2D eigenvalue weighted by molar-refractivity contribution is -0.154. The van der Waals surface area contributed by atoms with Crippen LogP contribution in [-0.2, 0) is 9.53 Å². The maximum Gasteiger partial charge on any atom is 0.303 e. The second-order valence-corrected chi connectivity index (χ2v) is 5.40. The van der Waals surface area contributed by atoms with Crippen molar-refractivity contribution in [2.45, 2.75) is 71.3 Å². The first kappa shape index (κ1) is 12.5. The molecule has 0 amide bonds. The molecule has 1 rings (SSSR count). The molecule has 2 nitrogen and oxygen atoms in total. The average Bonchev–Trinajstić information content (AvgIpc) is 2.15. The molecule has 1 aliphatic rings. The smallest absolute Gasteiger partial charge is 0.303 e. The van der Waals surface area contributed by atoms with Gasteiger partial charge in [-0.2, -0.15) is 0 Å². The van der Waals surface area contributed by atoms with E-state index in [0.29, 0.717) is 0 Å². The van der Waals surface area contributed by atoms with Crippen molar-refractivity contribution < 1.29 is 9.53 Å². The van der Waals surface area contributed by atoms with E-state index in [-0.39, 0.29) is 11.6 Å². The third kappa shape index (κ3) is 5.19. The minimum absolute atomic E-state index is 0.163. The Kier molecular flexibility index (Phi) is 4.62. The molecule has 1 fully saturated rings. The van der Waals surface area contributed by atoms with Crippen LogP contribution >= 0.6 is 0 Å². The van der Waals surface area contributed by atoms with Crippen LogP contribution in [0.2, 0.25) is 0 Å². The molecular formula is C13H24O2. The Morgan fingerprint density at radius 1 is 1.27 bits per heavy atom. The summed E-state index contributed by atoms with van der Waals surface area (Å²) in [4.78, 5) is 10.9. The topological polar surface area (TPSA) is 26.3 Å². The van der Waals surface area contributed by atoms with Crippen LogP contribution < -0.4 is 0 Å². The lowest BCUT2D eigenvalue weighted by Gasteiger charge is -2.28. The minimum Gasteiger partial charge on any atom is -0.460 e. The fourth-order valence-corrected chi connectivity index (χ4v) is 2.47. The average molecular weight is 212 g/mol. The van der Waals surface area contributed by atoms with Crippen molar-refractivity contribution in [2.75, 3.05) is 0 Å². The quantitative estimate of drug-likeness (QED) is 0.664. The molecule has 0 radical (unpaired) electrons. The predicted octanol–water partition coefficient (Wildman–Crippen LogP) is 3.69. The van der Waals surface area contributed by atoms with E-state index < -0.39 is 0 Å². The summed E-state index contributed by atoms with van der Waals surface area (Å²) in [5.74, 6) is 0.706. The summed E-state index contributed by atoms with van der Waals surface area (Å²) in [5.41, 5.74) is -0.275. The van der Waals surface area contributed by atoms with Gasteiger partial charge in [0.25, 0.3) is 0 Å². The second kappa shape index (κ2) is 5.53. The van der Waals surface area contributed by atoms with Crippen LogP contribution in [0.3, 0.4) is 0 Å². The number of carbonyl (C=O) groups is 1. The van der Waals surface area contributed by atoms with Gasteiger partial charge in [-0.05, 0) is 32.6 Å². The SMILES string of the molecule is CC(=O)OC(C)(C)CCC1CCCCC1. The van der Waals surface area contributed by atoms with E-state index in [1.807, 2.05) is 13.8 Å². The fraction of sp³-hybridized carbons (Fsp3) is 0.923. The lowest BCUT2D eigenvalue weighted by Crippen LogP contribution is -2.27. The summed E-state index contributed by atoms with van der Waals surface area (Å²) >= 11 is 0. The third-order valence-electron chi connectivity index (χ3n) is 3.30. The molecule has 0 N–H and O–H groups in total. The maximum absolute atomic E-state index is 10.9. The molecule has 0 unspecified atom stereocenters. The summed E-state index contributed by atoms with van der Waals surface area (Å²) < 4.78 is 5.29. The Balaban J connectivity index is 2.24. The Morgan fingerprint density at radius 3 is 2.40 bits per heavy atom. The molecule has 0 aromatic rings. The summed E-state index contributed by atoms with van der Waals surface area (Å²) in [6.45, 7) is 5.51. The highest BCUT2D eigenvalue weighted by molar-refractivity contribution is 5.66. The van der Waals surface area contributed by atoms with Crippen molar-refractivity contribution in [3.05, 3.63) is 0 Å². The van der Waals surface area contributed by atoms with Crippen molar-refractivity contribution in [3.8, 4) is 0 Å². The van der Waals surface area contributed by atoms with E-state index in [0.717, 1.165) is 12.3 Å². The van der Waals surface area contributed by atoms with Crippen LogP contribution in [0.15, 0.2) is 0 Å². The lowest BCUT2D eigenvalue weighted by atomic mass is 9.84. The largest absolute Gasteiger partial charge is 0.460 e. The van der Waals surface area contributed by atoms with E-state index in [1.165, 1.54) is 45.4 Å². The van der Waals surface area contributed by atoms with Gasteiger partial charge in [0, 0.05) is 6.92 Å². The molecule has 0 heterocycles. The zero-order valence-electron chi connectivity index (χ0n) is 10.3. The molecule has 15 heavy (non-hydrogen) atoms. The first-order valence-electron chi connectivity index (χ1n) is 6.19. The maximum atomic E-state index is 10.9. The Bertz CT molecular complexity index is 203. The van der Waals surface area contributed by atoms with Gasteiger partial charge in [-0.15, -0.1) is 0 Å². The highest BCUT2D eigenvalue weighted by Crippen LogP contribution is 2.30. The number of hydrogen-bond donors (Lipinski definition) is 0. The molecule has 1 aliphatic carbocycles. The number of hydrogen-bond acceptors (Lipinski definition) is 2. The molecule has 0 aromatic carbocycles. The third-order valence-corrected chi connectivity index (χ3v) is 3.30. The van der Waals surface area contributed by atoms with Gasteiger partial charge in [0.2, 0.25) is 0 Å². The van der Waals surface area contributed by atoms with Crippen LogP contribution in [0.1, 0.15) is 65.7 Å². The zero-order chi connectivity index (χ0) is 11.3. The van der Waals surface area contributed by atoms with Gasteiger partial charge in [-0.1, -0.05) is 32.1 Å². The number of esters is 1. The highest BCUT2D eigenvalue weighted by Gasteiger charge is 2.23. The molecule has 0 bridgehead atoms. The predicted molar refractivity (Wildman–Crippen MR) is 61.7 cm³/mol. The molecular weight excluding hydrogens is 188 g/mol. The molecule has 0 spiro atoms. The zero-order valence-corrected chi connectivity index (χ0v) is 10.3. The fourth-order valence-electron chi connectivity index (χ4n) is 2.47. The molecule has 88 valence electrons. The second-order valence-electron chi connectivity index (χ2n) is 5.40. The van der Waals surface area contributed by atoms with Gasteiger partial charge in [0.1, 0.15) is 5.60 Å². The normalized spacial score (nSPS) is 18.9. The molecule has 2 heteroatoms. The summed E-state index contributed by atoms with van der Waals surface area (Å²) in [7, 11) is 0. The van der Waals surface area contributed by atoms with Crippen molar-refractivity contribution >= 4 is 5.97 Å². The Labute approximate surface area is 93.4 Å². The first-order chi connectivity index (χ1) is 6.99. The summed E-state index contributed by atoms with van der Waals surface area (Å²) in [6, 6.07) is 0. The van der Waals surface area contributed by atoms with E-state index in [2.05, 4.69) is 0 Å². The van der Waals surface area contributed by atoms with Crippen LogP contribution in [0.25, 0.3) is 0 Å². The van der Waals surface area contributed by atoms with E-state index in [9.17, 15) is 4.79 Å². The summed E-state index contributed by atoms with van der Waals surface area (Å²) in [6.07, 6.45) is 9.13. The van der Waals surface area contributed by atoms with E-state index >= 15 is 0 Å². The Morgan fingerprint density at radius 2 is 1.87 bits per heavy atom. The van der Waals surface area contributed by atoms with Crippen LogP contribution in [0.4, 0.5) is 0 Å². The van der Waals surface area contributed by atoms with Crippen molar-refractivity contribution in [1.82, 2.24) is 0 Å². The summed E-state index contributed by atoms with van der Waals surface area (Å²) in [5, 5.41) is 0. The number of ether oxygens (including phenoxy) is 1. The molecule has 0 saturated heterocycles. The van der Waals surface area contributed by atoms with Crippen molar-refractivity contribution in [2.24, 2.45) is 5.92 Å². The van der Waals surface area contributed by atoms with Gasteiger partial charge < -0.3 is 4.74 Å². The molecule has 0 aromatic heterocycles. The minimum atomic E-state index is -0.275. The van der Waals surface area contributed by atoms with Gasteiger partial charge in [0.15, 0.2) is 0 Å². The van der Waals surface area contributed by atoms with Gasteiger partial charge >= 0.3 is 5.97 Å². The molecule has 0 aliphatic heterocycles. The molecule has 1 saturated carbocycles. The van der Waals surface area contributed by atoms with Crippen molar-refractivity contribution in [1.29, 1.82) is 0 Å². The highest BCUT2D eigenvalue weighted by atomic mass is 16.6. The van der Waals surface area contributed by atoms with E-state index in [4.69, 9.17) is 4.74 Å². The van der Waals surface area contributed by atoms with Crippen LogP contribution in [-0.4, -0.2) is 11.6 Å². The standard InChI is InChI=1S/C13H24O2/c1-11(14)15-13(2,3)10-9-12-7-5-4-6-8-12/h12H,4-10H2,1-3H3. The van der Waals surface area contributed by atoms with Crippen LogP contribution in [0.5, 0.6) is 0 Å². The van der Waals surface area contributed by atoms with Gasteiger partial charge in [-0.3, -0.25) is 4.79 Å². The first-order valence-corrected chi connectivity index (χ1v) is 6.19. The monoisotopic (exact) mass is 212 g/mol. The molecule has 0 atom stereocenters. The number of rotatable bonds is 4. The van der Waals surface area contributed by atoms with E-state index in [1.54, 1.807) is 0 Å². The van der Waals surface area contributed by atoms with Crippen molar-refractivity contribution in [3.63, 3.8) is 0 Å². The number of carbonyl (C=O) groups excluding carboxylic acids is 1. The van der Waals surface area contributed by atoms with Crippen LogP contribution in [0, 0.1) is 5.92 Å².